The molecule has 0 aliphatic heterocycles. The summed E-state index contributed by atoms with van der Waals surface area (Å²) in [4.78, 5) is 19.8. The molecule has 0 N–H and O–H groups in total. The number of hydrogen-bond donors (Lipinski definition) is 0. The van der Waals surface area contributed by atoms with Crippen LogP contribution in [0.5, 0.6) is 0 Å². The Balaban J connectivity index is 1.73. The van der Waals surface area contributed by atoms with Gasteiger partial charge in [-0.1, -0.05) is 39.4 Å². The summed E-state index contributed by atoms with van der Waals surface area (Å²) in [7, 11) is 3.87. The summed E-state index contributed by atoms with van der Waals surface area (Å²) < 4.78 is 15.2. The van der Waals surface area contributed by atoms with Crippen LogP contribution in [-0.2, 0) is 0 Å². The second-order valence-corrected chi connectivity index (χ2v) is 8.89. The first kappa shape index (κ1) is 21.1. The van der Waals surface area contributed by atoms with Crippen LogP contribution in [-0.4, -0.2) is 31.2 Å². The molecule has 8 heteroatoms. The van der Waals surface area contributed by atoms with Gasteiger partial charge in [0.1, 0.15) is 5.82 Å². The molecule has 0 aliphatic carbocycles. The molecule has 4 rings (SSSR count). The van der Waals surface area contributed by atoms with E-state index in [4.69, 9.17) is 0 Å². The number of rotatable bonds is 5. The van der Waals surface area contributed by atoms with Crippen molar-refractivity contribution in [2.45, 2.75) is 0 Å². The molecule has 31 heavy (non-hydrogen) atoms. The van der Waals surface area contributed by atoms with E-state index in [1.54, 1.807) is 24.4 Å². The summed E-state index contributed by atoms with van der Waals surface area (Å²) >= 11 is 4.62. The molecule has 1 amide bonds. The topological polar surface area (TPSA) is 48.8 Å². The van der Waals surface area contributed by atoms with Crippen LogP contribution in [0.3, 0.4) is 0 Å². The van der Waals surface area contributed by atoms with E-state index in [0.717, 1.165) is 15.7 Å². The molecule has 5 nitrogen and oxygen atoms in total. The van der Waals surface area contributed by atoms with E-state index in [-0.39, 0.29) is 11.7 Å². The van der Waals surface area contributed by atoms with Crippen molar-refractivity contribution in [3.05, 3.63) is 88.1 Å². The molecule has 0 fully saturated rings. The van der Waals surface area contributed by atoms with Crippen LogP contribution in [0.15, 0.2) is 76.3 Å². The zero-order valence-electron chi connectivity index (χ0n) is 16.8. The fourth-order valence-corrected chi connectivity index (χ4v) is 4.07. The van der Waals surface area contributed by atoms with Gasteiger partial charge < -0.3 is 4.90 Å². The number of carbonyl (C=O) groups excluding carboxylic acids is 1. The van der Waals surface area contributed by atoms with Crippen molar-refractivity contribution in [2.75, 3.05) is 24.0 Å². The van der Waals surface area contributed by atoms with Crippen molar-refractivity contribution in [2.24, 2.45) is 5.10 Å². The van der Waals surface area contributed by atoms with Gasteiger partial charge in [-0.2, -0.15) is 10.1 Å². The molecule has 0 bridgehead atoms. The molecule has 4 aromatic rings. The summed E-state index contributed by atoms with van der Waals surface area (Å²) in [6.45, 7) is 0. The number of aromatic nitrogens is 1. The summed E-state index contributed by atoms with van der Waals surface area (Å²) in [5.74, 6) is -0.670. The second-order valence-electron chi connectivity index (χ2n) is 6.96. The number of benzene rings is 3. The number of nitrogens with zero attached hydrogens (tertiary/aromatic N) is 4. The van der Waals surface area contributed by atoms with Gasteiger partial charge in [0.25, 0.3) is 5.91 Å². The van der Waals surface area contributed by atoms with Crippen molar-refractivity contribution >= 4 is 60.4 Å². The Morgan fingerprint density at radius 1 is 1.06 bits per heavy atom. The molecule has 0 saturated heterocycles. The Kier molecular flexibility index (Phi) is 6.11. The number of carbonyl (C=O) groups is 1. The van der Waals surface area contributed by atoms with Crippen LogP contribution < -0.4 is 9.91 Å². The Morgan fingerprint density at radius 2 is 1.77 bits per heavy atom. The van der Waals surface area contributed by atoms with Gasteiger partial charge in [-0.05, 0) is 60.2 Å². The standard InChI is InChI=1S/C23H18BrFN4OS/c1-28(2)19-10-5-16(6-11-19)22(30)29(26-14-15-3-7-17(24)8-4-15)23-27-20-12-9-18(25)13-21(20)31-23/h3-14H,1-2H3/b26-14+. The highest BCUT2D eigenvalue weighted by Gasteiger charge is 2.21. The number of amides is 1. The van der Waals surface area contributed by atoms with Gasteiger partial charge in [-0.3, -0.25) is 4.79 Å². The maximum absolute atomic E-state index is 13.6. The maximum Gasteiger partial charge on any atom is 0.280 e. The minimum absolute atomic E-state index is 0.321. The molecule has 156 valence electrons. The largest absolute Gasteiger partial charge is 0.378 e. The first-order chi connectivity index (χ1) is 14.9. The van der Waals surface area contributed by atoms with Gasteiger partial charge in [0.2, 0.25) is 5.13 Å². The number of thiazole rings is 1. The van der Waals surface area contributed by atoms with Crippen LogP contribution in [0.1, 0.15) is 15.9 Å². The number of fused-ring (bicyclic) bond motifs is 1. The zero-order chi connectivity index (χ0) is 22.0. The second kappa shape index (κ2) is 8.95. The van der Waals surface area contributed by atoms with Crippen LogP contribution in [0, 0.1) is 5.82 Å². The lowest BCUT2D eigenvalue weighted by Gasteiger charge is -2.16. The highest BCUT2D eigenvalue weighted by molar-refractivity contribution is 9.10. The van der Waals surface area contributed by atoms with E-state index in [9.17, 15) is 9.18 Å². The third-order valence-electron chi connectivity index (χ3n) is 4.54. The van der Waals surface area contributed by atoms with Gasteiger partial charge >= 0.3 is 0 Å². The van der Waals surface area contributed by atoms with Crippen LogP contribution in [0.25, 0.3) is 10.2 Å². The fraction of sp³-hybridized carbons (Fsp3) is 0.0870. The highest BCUT2D eigenvalue weighted by Crippen LogP contribution is 2.31. The lowest BCUT2D eigenvalue weighted by atomic mass is 10.2. The zero-order valence-corrected chi connectivity index (χ0v) is 19.2. The lowest BCUT2D eigenvalue weighted by Crippen LogP contribution is -2.25. The predicted molar refractivity (Wildman–Crippen MR) is 129 cm³/mol. The molecule has 1 heterocycles. The molecule has 0 aliphatic rings. The van der Waals surface area contributed by atoms with Crippen LogP contribution in [0.4, 0.5) is 15.2 Å². The van der Waals surface area contributed by atoms with Crippen molar-refractivity contribution in [3.63, 3.8) is 0 Å². The number of hydrogen-bond acceptors (Lipinski definition) is 5. The summed E-state index contributed by atoms with van der Waals surface area (Å²) in [6.07, 6.45) is 1.60. The average molecular weight is 497 g/mol. The maximum atomic E-state index is 13.6. The van der Waals surface area contributed by atoms with Crippen molar-refractivity contribution < 1.29 is 9.18 Å². The molecular weight excluding hydrogens is 479 g/mol. The first-order valence-corrected chi connectivity index (χ1v) is 11.0. The molecule has 0 unspecified atom stereocenters. The molecule has 0 saturated carbocycles. The van der Waals surface area contributed by atoms with E-state index in [2.05, 4.69) is 26.0 Å². The fourth-order valence-electron chi connectivity index (χ4n) is 2.86. The third kappa shape index (κ3) is 4.81. The van der Waals surface area contributed by atoms with E-state index >= 15 is 0 Å². The van der Waals surface area contributed by atoms with E-state index < -0.39 is 0 Å². The van der Waals surface area contributed by atoms with E-state index in [1.807, 2.05) is 55.4 Å². The molecule has 1 aromatic heterocycles. The van der Waals surface area contributed by atoms with Gasteiger partial charge in [0, 0.05) is 29.8 Å². The van der Waals surface area contributed by atoms with E-state index in [0.29, 0.717) is 20.9 Å². The normalized spacial score (nSPS) is 11.2. The minimum atomic E-state index is -0.349. The van der Waals surface area contributed by atoms with Crippen molar-refractivity contribution in [1.82, 2.24) is 4.98 Å². The Morgan fingerprint density at radius 3 is 2.45 bits per heavy atom. The monoisotopic (exact) mass is 496 g/mol. The molecule has 0 radical (unpaired) electrons. The summed E-state index contributed by atoms with van der Waals surface area (Å²) in [5.41, 5.74) is 2.90. The third-order valence-corrected chi connectivity index (χ3v) is 6.06. The molecule has 3 aromatic carbocycles. The quantitative estimate of drug-likeness (QED) is 0.253. The van der Waals surface area contributed by atoms with Crippen LogP contribution in [0.2, 0.25) is 0 Å². The summed E-state index contributed by atoms with van der Waals surface area (Å²) in [6, 6.07) is 19.2. The molecular formula is C23H18BrFN4OS. The summed E-state index contributed by atoms with van der Waals surface area (Å²) in [5, 5.41) is 6.06. The first-order valence-electron chi connectivity index (χ1n) is 9.38. The number of hydrazone groups is 1. The van der Waals surface area contributed by atoms with Gasteiger partial charge in [-0.25, -0.2) is 9.37 Å². The molecule has 0 spiro atoms. The van der Waals surface area contributed by atoms with Gasteiger partial charge in [0.15, 0.2) is 0 Å². The number of halogens is 2. The Bertz CT molecular complexity index is 1250. The SMILES string of the molecule is CN(C)c1ccc(C(=O)N(/N=C/c2ccc(Br)cc2)c2nc3ccc(F)cc3s2)cc1. The average Bonchev–Trinajstić information content (AvgIpc) is 3.17. The van der Waals surface area contributed by atoms with Crippen molar-refractivity contribution in [1.29, 1.82) is 0 Å². The minimum Gasteiger partial charge on any atom is -0.378 e. The van der Waals surface area contributed by atoms with Gasteiger partial charge in [0.05, 0.1) is 16.4 Å². The lowest BCUT2D eigenvalue weighted by molar-refractivity contribution is 0.0988. The number of anilines is 2. The molecule has 0 atom stereocenters. The highest BCUT2D eigenvalue weighted by atomic mass is 79.9. The predicted octanol–water partition coefficient (Wildman–Crippen LogP) is 5.94. The van der Waals surface area contributed by atoms with Gasteiger partial charge in [-0.15, -0.1) is 0 Å². The smallest absolute Gasteiger partial charge is 0.280 e. The Hall–Kier alpha value is -3.10. The van der Waals surface area contributed by atoms with Crippen LogP contribution >= 0.6 is 27.3 Å². The van der Waals surface area contributed by atoms with E-state index in [1.165, 1.54) is 28.5 Å². The Labute approximate surface area is 191 Å². The van der Waals surface area contributed by atoms with Crippen molar-refractivity contribution in [3.8, 4) is 0 Å².